The van der Waals surface area contributed by atoms with Crippen LogP contribution in [0.25, 0.3) is 0 Å². The molecule has 8 heteroatoms. The van der Waals surface area contributed by atoms with E-state index in [1.54, 1.807) is 62.6 Å². The number of nitrogens with zero attached hydrogens (tertiary/aromatic N) is 1. The third-order valence-electron chi connectivity index (χ3n) is 5.65. The number of methoxy groups -OCH3 is 1. The van der Waals surface area contributed by atoms with E-state index in [4.69, 9.17) is 9.47 Å². The summed E-state index contributed by atoms with van der Waals surface area (Å²) in [6.07, 6.45) is 0. The number of hydrogen-bond acceptors (Lipinski definition) is 5. The van der Waals surface area contributed by atoms with Gasteiger partial charge in [-0.15, -0.1) is 0 Å². The van der Waals surface area contributed by atoms with Crippen molar-refractivity contribution >= 4 is 23.5 Å². The molecule has 1 heterocycles. The number of ether oxygens (including phenoxy) is 2. The largest absolute Gasteiger partial charge is 0.497 e. The molecule has 4 amide bonds. The van der Waals surface area contributed by atoms with Gasteiger partial charge in [-0.1, -0.05) is 42.0 Å². The van der Waals surface area contributed by atoms with Crippen LogP contribution < -0.4 is 20.1 Å². The van der Waals surface area contributed by atoms with E-state index in [2.05, 4.69) is 10.6 Å². The van der Waals surface area contributed by atoms with Crippen LogP contribution in [0.2, 0.25) is 0 Å². The standard InChI is InChI=1S/C26H25N3O5/c1-17-8-12-20(13-9-17)34-22-7-5-4-6-21(22)27-23(30)16-29-24(31)26(2,28-25(29)32)18-10-14-19(33-3)15-11-18/h4-15H,16H2,1-3H3,(H,27,30)(H,28,32). The number of para-hydroxylation sites is 2. The number of urea groups is 1. The number of anilines is 1. The molecule has 1 saturated heterocycles. The smallest absolute Gasteiger partial charge is 0.325 e. The molecule has 4 rings (SSSR count). The fraction of sp³-hybridized carbons (Fsp3) is 0.192. The van der Waals surface area contributed by atoms with Gasteiger partial charge in [0.15, 0.2) is 5.75 Å². The third-order valence-corrected chi connectivity index (χ3v) is 5.65. The molecular weight excluding hydrogens is 434 g/mol. The summed E-state index contributed by atoms with van der Waals surface area (Å²) in [5, 5.41) is 5.43. The average molecular weight is 460 g/mol. The Morgan fingerprint density at radius 2 is 1.62 bits per heavy atom. The van der Waals surface area contributed by atoms with Crippen LogP contribution in [0.1, 0.15) is 18.1 Å². The van der Waals surface area contributed by atoms with E-state index in [0.717, 1.165) is 10.5 Å². The molecule has 1 aliphatic rings. The fourth-order valence-electron chi connectivity index (χ4n) is 3.69. The van der Waals surface area contributed by atoms with Gasteiger partial charge in [0, 0.05) is 0 Å². The van der Waals surface area contributed by atoms with Crippen molar-refractivity contribution < 1.29 is 23.9 Å². The molecule has 0 bridgehead atoms. The van der Waals surface area contributed by atoms with Gasteiger partial charge in [-0.2, -0.15) is 0 Å². The van der Waals surface area contributed by atoms with Crippen LogP contribution in [-0.2, 0) is 15.1 Å². The molecule has 34 heavy (non-hydrogen) atoms. The fourth-order valence-corrected chi connectivity index (χ4v) is 3.69. The van der Waals surface area contributed by atoms with E-state index in [1.807, 2.05) is 31.2 Å². The Bertz CT molecular complexity index is 1220. The molecular formula is C26H25N3O5. The lowest BCUT2D eigenvalue weighted by atomic mass is 9.92. The first-order valence-corrected chi connectivity index (χ1v) is 10.7. The Morgan fingerprint density at radius 1 is 0.971 bits per heavy atom. The summed E-state index contributed by atoms with van der Waals surface area (Å²) in [6, 6.07) is 20.7. The predicted molar refractivity (Wildman–Crippen MR) is 127 cm³/mol. The Morgan fingerprint density at radius 3 is 2.29 bits per heavy atom. The highest BCUT2D eigenvalue weighted by atomic mass is 16.5. The second-order valence-electron chi connectivity index (χ2n) is 8.13. The quantitative estimate of drug-likeness (QED) is 0.516. The van der Waals surface area contributed by atoms with Crippen LogP contribution in [0, 0.1) is 6.92 Å². The van der Waals surface area contributed by atoms with Crippen molar-refractivity contribution in [2.45, 2.75) is 19.4 Å². The third kappa shape index (κ3) is 4.56. The first kappa shape index (κ1) is 22.8. The summed E-state index contributed by atoms with van der Waals surface area (Å²) in [5.74, 6) is 0.660. The van der Waals surface area contributed by atoms with Crippen molar-refractivity contribution in [1.82, 2.24) is 10.2 Å². The maximum absolute atomic E-state index is 13.1. The highest BCUT2D eigenvalue weighted by Gasteiger charge is 2.49. The Balaban J connectivity index is 1.46. The maximum atomic E-state index is 13.1. The molecule has 0 saturated carbocycles. The minimum Gasteiger partial charge on any atom is -0.497 e. The lowest BCUT2D eigenvalue weighted by molar-refractivity contribution is -0.133. The molecule has 2 N–H and O–H groups in total. The van der Waals surface area contributed by atoms with Gasteiger partial charge in [0.05, 0.1) is 12.8 Å². The Kier molecular flexibility index (Phi) is 6.23. The first-order chi connectivity index (χ1) is 16.3. The summed E-state index contributed by atoms with van der Waals surface area (Å²) in [4.78, 5) is 39.4. The van der Waals surface area contributed by atoms with Gasteiger partial charge in [-0.25, -0.2) is 4.79 Å². The first-order valence-electron chi connectivity index (χ1n) is 10.7. The van der Waals surface area contributed by atoms with Crippen LogP contribution in [0.4, 0.5) is 10.5 Å². The van der Waals surface area contributed by atoms with E-state index in [0.29, 0.717) is 28.5 Å². The number of nitrogens with one attached hydrogen (secondary N) is 2. The summed E-state index contributed by atoms with van der Waals surface area (Å²) in [7, 11) is 1.55. The number of imide groups is 1. The van der Waals surface area contributed by atoms with Crippen LogP contribution in [0.5, 0.6) is 17.2 Å². The van der Waals surface area contributed by atoms with Crippen LogP contribution in [-0.4, -0.2) is 36.4 Å². The van der Waals surface area contributed by atoms with E-state index < -0.39 is 29.9 Å². The summed E-state index contributed by atoms with van der Waals surface area (Å²) in [6.45, 7) is 3.15. The van der Waals surface area contributed by atoms with Crippen molar-refractivity contribution in [3.63, 3.8) is 0 Å². The van der Waals surface area contributed by atoms with Crippen molar-refractivity contribution in [3.8, 4) is 17.2 Å². The zero-order chi connectivity index (χ0) is 24.3. The second-order valence-corrected chi connectivity index (χ2v) is 8.13. The van der Waals surface area contributed by atoms with Gasteiger partial charge in [-0.3, -0.25) is 14.5 Å². The molecule has 0 spiro atoms. The van der Waals surface area contributed by atoms with E-state index >= 15 is 0 Å². The maximum Gasteiger partial charge on any atom is 0.325 e. The number of aryl methyl sites for hydroxylation is 1. The van der Waals surface area contributed by atoms with Crippen LogP contribution in [0.15, 0.2) is 72.8 Å². The molecule has 1 fully saturated rings. The summed E-state index contributed by atoms with van der Waals surface area (Å²) < 4.78 is 11.1. The molecule has 8 nitrogen and oxygen atoms in total. The summed E-state index contributed by atoms with van der Waals surface area (Å²) in [5.41, 5.74) is 0.837. The van der Waals surface area contributed by atoms with Gasteiger partial charge in [0.2, 0.25) is 5.91 Å². The van der Waals surface area contributed by atoms with E-state index in [1.165, 1.54) is 0 Å². The van der Waals surface area contributed by atoms with Crippen molar-refractivity contribution in [3.05, 3.63) is 83.9 Å². The number of carbonyl (C=O) groups excluding carboxylic acids is 3. The summed E-state index contributed by atoms with van der Waals surface area (Å²) >= 11 is 0. The van der Waals surface area contributed by atoms with Gasteiger partial charge in [0.25, 0.3) is 5.91 Å². The molecule has 174 valence electrons. The average Bonchev–Trinajstić information content (AvgIpc) is 3.05. The number of rotatable bonds is 7. The van der Waals surface area contributed by atoms with Gasteiger partial charge in [-0.05, 0) is 55.8 Å². The molecule has 3 aromatic rings. The SMILES string of the molecule is COc1ccc(C2(C)NC(=O)N(CC(=O)Nc3ccccc3Oc3ccc(C)cc3)C2=O)cc1. The minimum absolute atomic E-state index is 0.429. The monoisotopic (exact) mass is 459 g/mol. The van der Waals surface area contributed by atoms with Gasteiger partial charge in [0.1, 0.15) is 23.6 Å². The molecule has 1 aliphatic heterocycles. The van der Waals surface area contributed by atoms with Crippen LogP contribution in [0.3, 0.4) is 0 Å². The van der Waals surface area contributed by atoms with E-state index in [9.17, 15) is 14.4 Å². The van der Waals surface area contributed by atoms with Crippen LogP contribution >= 0.6 is 0 Å². The van der Waals surface area contributed by atoms with Crippen molar-refractivity contribution in [1.29, 1.82) is 0 Å². The second kappa shape index (κ2) is 9.27. The van der Waals surface area contributed by atoms with Crippen molar-refractivity contribution in [2.75, 3.05) is 19.0 Å². The zero-order valence-corrected chi connectivity index (χ0v) is 19.1. The topological polar surface area (TPSA) is 97.0 Å². The molecule has 0 aliphatic carbocycles. The molecule has 0 aromatic heterocycles. The van der Waals surface area contributed by atoms with E-state index in [-0.39, 0.29) is 0 Å². The zero-order valence-electron chi connectivity index (χ0n) is 19.1. The number of carbonyl (C=O) groups is 3. The van der Waals surface area contributed by atoms with Gasteiger partial charge < -0.3 is 20.1 Å². The van der Waals surface area contributed by atoms with Gasteiger partial charge >= 0.3 is 6.03 Å². The molecule has 1 atom stereocenters. The molecule has 0 radical (unpaired) electrons. The predicted octanol–water partition coefficient (Wildman–Crippen LogP) is 4.20. The van der Waals surface area contributed by atoms with Crippen molar-refractivity contribution in [2.24, 2.45) is 0 Å². The normalized spacial score (nSPS) is 17.3. The Hall–Kier alpha value is -4.33. The minimum atomic E-state index is -1.28. The number of amides is 4. The highest BCUT2D eigenvalue weighted by Crippen LogP contribution is 2.31. The molecule has 1 unspecified atom stereocenters. The lowest BCUT2D eigenvalue weighted by Crippen LogP contribution is -2.42. The number of hydrogen-bond donors (Lipinski definition) is 2. The highest BCUT2D eigenvalue weighted by molar-refractivity contribution is 6.10. The lowest BCUT2D eigenvalue weighted by Gasteiger charge is -2.22. The number of benzene rings is 3. The molecule has 3 aromatic carbocycles. The Labute approximate surface area is 197 Å².